The molecule has 0 saturated carbocycles. The highest BCUT2D eigenvalue weighted by molar-refractivity contribution is 8.03. The Hall–Kier alpha value is -3.34. The van der Waals surface area contributed by atoms with Gasteiger partial charge in [-0.05, 0) is 59.7 Å². The minimum Gasteiger partial charge on any atom is -0.488 e. The molecule has 0 aliphatic heterocycles. The monoisotopic (exact) mass is 488 g/mol. The van der Waals surface area contributed by atoms with Crippen LogP contribution in [0, 0.1) is 5.82 Å². The number of thioether (sulfide) groups is 1. The normalized spacial score (nSPS) is 11.3. The van der Waals surface area contributed by atoms with Crippen molar-refractivity contribution in [2.45, 2.75) is 12.4 Å². The van der Waals surface area contributed by atoms with Crippen LogP contribution >= 0.6 is 23.4 Å². The lowest BCUT2D eigenvalue weighted by Crippen LogP contribution is -2.02. The van der Waals surface area contributed by atoms with E-state index >= 15 is 0 Å². The molecule has 0 atom stereocenters. The molecule has 5 heteroatoms. The molecule has 4 rings (SSSR count). The number of para-hydroxylation sites is 1. The van der Waals surface area contributed by atoms with Crippen LogP contribution in [0.4, 0.5) is 4.39 Å². The Labute approximate surface area is 208 Å². The fourth-order valence-corrected chi connectivity index (χ4v) is 4.37. The summed E-state index contributed by atoms with van der Waals surface area (Å²) < 4.78 is 19.4. The molecule has 0 aromatic heterocycles. The third kappa shape index (κ3) is 6.60. The Bertz CT molecular complexity index is 1270. The second kappa shape index (κ2) is 11.7. The number of allylic oxidation sites excluding steroid dienone is 1. The van der Waals surface area contributed by atoms with Crippen molar-refractivity contribution in [2.24, 2.45) is 0 Å². The van der Waals surface area contributed by atoms with Crippen molar-refractivity contribution in [3.05, 3.63) is 141 Å². The van der Waals surface area contributed by atoms with Gasteiger partial charge in [-0.25, -0.2) is 4.39 Å². The van der Waals surface area contributed by atoms with Crippen LogP contribution in [0.15, 0.2) is 108 Å². The summed E-state index contributed by atoms with van der Waals surface area (Å²) in [6.07, 6.45) is 1.85. The molecule has 0 unspecified atom stereocenters. The minimum absolute atomic E-state index is 0.110. The molecule has 0 N–H and O–H groups in total. The highest BCUT2D eigenvalue weighted by atomic mass is 35.5. The fraction of sp³-hybridized carbons (Fsp3) is 0.0690. The van der Waals surface area contributed by atoms with Gasteiger partial charge in [-0.2, -0.15) is 0 Å². The molecule has 34 heavy (non-hydrogen) atoms. The maximum Gasteiger partial charge on any atom is 0.199 e. The molecule has 0 spiro atoms. The van der Waals surface area contributed by atoms with Crippen LogP contribution < -0.4 is 4.74 Å². The summed E-state index contributed by atoms with van der Waals surface area (Å²) in [4.78, 5) is 14.0. The SMILES string of the molecule is O=C(/C(=C\c1ccccc1OCc1ccccc1)SCc1ccc(F)cc1)c1ccc(Cl)cc1. The van der Waals surface area contributed by atoms with Gasteiger partial charge in [-0.1, -0.05) is 72.3 Å². The first-order valence-corrected chi connectivity index (χ1v) is 12.1. The summed E-state index contributed by atoms with van der Waals surface area (Å²) in [5, 5.41) is 0.570. The van der Waals surface area contributed by atoms with Crippen LogP contribution in [0.25, 0.3) is 6.08 Å². The molecule has 4 aromatic carbocycles. The summed E-state index contributed by atoms with van der Waals surface area (Å²) in [5.74, 6) is 0.821. The van der Waals surface area contributed by atoms with Gasteiger partial charge in [0.1, 0.15) is 18.2 Å². The second-order valence-corrected chi connectivity index (χ2v) is 9.03. The zero-order valence-corrected chi connectivity index (χ0v) is 19.9. The zero-order chi connectivity index (χ0) is 23.8. The van der Waals surface area contributed by atoms with E-state index < -0.39 is 0 Å². The molecule has 0 aliphatic rings. The van der Waals surface area contributed by atoms with E-state index in [0.717, 1.165) is 16.7 Å². The quantitative estimate of drug-likeness (QED) is 0.175. The van der Waals surface area contributed by atoms with Gasteiger partial charge in [-0.3, -0.25) is 4.79 Å². The number of rotatable bonds is 9. The van der Waals surface area contributed by atoms with Gasteiger partial charge in [0.2, 0.25) is 0 Å². The van der Waals surface area contributed by atoms with Crippen LogP contribution in [-0.4, -0.2) is 5.78 Å². The smallest absolute Gasteiger partial charge is 0.199 e. The molecule has 4 aromatic rings. The average molecular weight is 489 g/mol. The third-order valence-electron chi connectivity index (χ3n) is 5.08. The summed E-state index contributed by atoms with van der Waals surface area (Å²) in [7, 11) is 0. The average Bonchev–Trinajstić information content (AvgIpc) is 2.87. The Morgan fingerprint density at radius 2 is 1.50 bits per heavy atom. The molecule has 170 valence electrons. The van der Waals surface area contributed by atoms with Crippen molar-refractivity contribution in [1.82, 2.24) is 0 Å². The summed E-state index contributed by atoms with van der Waals surface area (Å²) in [5.41, 5.74) is 3.34. The van der Waals surface area contributed by atoms with Crippen LogP contribution in [0.3, 0.4) is 0 Å². The highest BCUT2D eigenvalue weighted by Gasteiger charge is 2.15. The number of ether oxygens (including phenoxy) is 1. The molecule has 0 saturated heterocycles. The van der Waals surface area contributed by atoms with Crippen molar-refractivity contribution in [3.63, 3.8) is 0 Å². The van der Waals surface area contributed by atoms with Gasteiger partial charge >= 0.3 is 0 Å². The molecule has 0 radical (unpaired) electrons. The number of carbonyl (C=O) groups is 1. The van der Waals surface area contributed by atoms with Gasteiger partial charge in [-0.15, -0.1) is 11.8 Å². The Balaban J connectivity index is 1.62. The van der Waals surface area contributed by atoms with Gasteiger partial charge < -0.3 is 4.74 Å². The number of ketones is 1. The Kier molecular flexibility index (Phi) is 8.18. The van der Waals surface area contributed by atoms with Gasteiger partial charge in [0.25, 0.3) is 0 Å². The van der Waals surface area contributed by atoms with Crippen molar-refractivity contribution in [2.75, 3.05) is 0 Å². The number of carbonyl (C=O) groups excluding carboxylic acids is 1. The van der Waals surface area contributed by atoms with Gasteiger partial charge in [0, 0.05) is 21.9 Å². The van der Waals surface area contributed by atoms with Crippen LogP contribution in [0.5, 0.6) is 5.75 Å². The van der Waals surface area contributed by atoms with Crippen molar-refractivity contribution >= 4 is 35.2 Å². The fourth-order valence-electron chi connectivity index (χ4n) is 3.27. The molecule has 0 fully saturated rings. The predicted octanol–water partition coefficient (Wildman–Crippen LogP) is 8.22. The number of halogens is 2. The number of hydrogen-bond acceptors (Lipinski definition) is 3. The molecular weight excluding hydrogens is 467 g/mol. The lowest BCUT2D eigenvalue weighted by molar-refractivity contribution is 0.104. The lowest BCUT2D eigenvalue weighted by Gasteiger charge is -2.12. The first-order chi connectivity index (χ1) is 16.6. The van der Waals surface area contributed by atoms with E-state index in [9.17, 15) is 9.18 Å². The van der Waals surface area contributed by atoms with E-state index in [-0.39, 0.29) is 11.6 Å². The number of Topliss-reactive ketones (excluding diaryl/α,β-unsaturated/α-hetero) is 1. The molecule has 0 amide bonds. The second-order valence-electron chi connectivity index (χ2n) is 7.57. The zero-order valence-electron chi connectivity index (χ0n) is 18.3. The van der Waals surface area contributed by atoms with Gasteiger partial charge in [0.15, 0.2) is 5.78 Å². The van der Waals surface area contributed by atoms with E-state index in [0.29, 0.717) is 33.6 Å². The summed E-state index contributed by atoms with van der Waals surface area (Å²) >= 11 is 7.41. The first kappa shape index (κ1) is 23.8. The van der Waals surface area contributed by atoms with E-state index in [1.807, 2.05) is 60.7 Å². The highest BCUT2D eigenvalue weighted by Crippen LogP contribution is 2.31. The van der Waals surface area contributed by atoms with E-state index in [2.05, 4.69) is 0 Å². The first-order valence-electron chi connectivity index (χ1n) is 10.7. The van der Waals surface area contributed by atoms with Crippen LogP contribution in [0.1, 0.15) is 27.0 Å². The standard InChI is InChI=1S/C29H22ClFO2S/c30-25-14-12-23(13-15-25)29(32)28(34-20-22-10-16-26(31)17-11-22)18-24-8-4-5-9-27(24)33-19-21-6-2-1-3-7-21/h1-18H,19-20H2/b28-18+. The summed E-state index contributed by atoms with van der Waals surface area (Å²) in [6.45, 7) is 0.425. The Morgan fingerprint density at radius 3 is 2.24 bits per heavy atom. The number of hydrogen-bond donors (Lipinski definition) is 0. The largest absolute Gasteiger partial charge is 0.488 e. The molecule has 0 bridgehead atoms. The summed E-state index contributed by atoms with van der Waals surface area (Å²) in [6, 6.07) is 30.7. The third-order valence-corrected chi connectivity index (χ3v) is 6.42. The van der Waals surface area contributed by atoms with E-state index in [1.165, 1.54) is 23.9 Å². The van der Waals surface area contributed by atoms with E-state index in [1.54, 1.807) is 36.4 Å². The van der Waals surface area contributed by atoms with Crippen LogP contribution in [0.2, 0.25) is 5.02 Å². The minimum atomic E-state index is -0.286. The number of benzene rings is 4. The maximum absolute atomic E-state index is 13.4. The maximum atomic E-state index is 13.4. The predicted molar refractivity (Wildman–Crippen MR) is 139 cm³/mol. The molecule has 0 aliphatic carbocycles. The lowest BCUT2D eigenvalue weighted by atomic mass is 10.1. The van der Waals surface area contributed by atoms with Crippen molar-refractivity contribution in [1.29, 1.82) is 0 Å². The van der Waals surface area contributed by atoms with Crippen molar-refractivity contribution in [3.8, 4) is 5.75 Å². The molecule has 0 heterocycles. The topological polar surface area (TPSA) is 26.3 Å². The molecular formula is C29H22ClFO2S. The Morgan fingerprint density at radius 1 is 0.824 bits per heavy atom. The van der Waals surface area contributed by atoms with Crippen LogP contribution in [-0.2, 0) is 12.4 Å². The molecule has 2 nitrogen and oxygen atoms in total. The van der Waals surface area contributed by atoms with Crippen molar-refractivity contribution < 1.29 is 13.9 Å². The van der Waals surface area contributed by atoms with Gasteiger partial charge in [0.05, 0.1) is 4.91 Å². The van der Waals surface area contributed by atoms with E-state index in [4.69, 9.17) is 16.3 Å².